The normalized spacial score (nSPS) is 19.4. The van der Waals surface area contributed by atoms with Crippen molar-refractivity contribution in [2.24, 2.45) is 5.92 Å². The highest BCUT2D eigenvalue weighted by Gasteiger charge is 2.44. The standard InChI is InChI=1S/C16H13F2NO4/c17-12-3-1-8(5-13(12)18)10-6-11(10)15(20)19-7-9-2-4-14(23-9)16(21)22/h1-5,10-11H,6-7H2,(H,19,20)(H,21,22)/t10-,11-/m0/s1. The van der Waals surface area contributed by atoms with Gasteiger partial charge in [0.2, 0.25) is 11.7 Å². The largest absolute Gasteiger partial charge is 0.475 e. The molecule has 0 unspecified atom stereocenters. The van der Waals surface area contributed by atoms with E-state index in [9.17, 15) is 18.4 Å². The van der Waals surface area contributed by atoms with Crippen molar-refractivity contribution in [1.82, 2.24) is 5.32 Å². The fraction of sp³-hybridized carbons (Fsp3) is 0.250. The number of furan rings is 1. The minimum Gasteiger partial charge on any atom is -0.475 e. The average molecular weight is 321 g/mol. The number of rotatable bonds is 5. The van der Waals surface area contributed by atoms with Gasteiger partial charge in [-0.05, 0) is 42.2 Å². The monoisotopic (exact) mass is 321 g/mol. The van der Waals surface area contributed by atoms with E-state index in [0.29, 0.717) is 17.7 Å². The number of halogens is 2. The van der Waals surface area contributed by atoms with E-state index in [2.05, 4.69) is 5.32 Å². The molecule has 1 amide bonds. The first-order valence-electron chi connectivity index (χ1n) is 7.00. The van der Waals surface area contributed by atoms with E-state index < -0.39 is 17.6 Å². The van der Waals surface area contributed by atoms with Gasteiger partial charge in [0.15, 0.2) is 11.6 Å². The van der Waals surface area contributed by atoms with E-state index in [1.165, 1.54) is 18.2 Å². The Hall–Kier alpha value is -2.70. The van der Waals surface area contributed by atoms with Gasteiger partial charge in [-0.2, -0.15) is 0 Å². The smallest absolute Gasteiger partial charge is 0.371 e. The third-order valence-corrected chi connectivity index (χ3v) is 3.81. The molecule has 1 heterocycles. The maximum atomic E-state index is 13.2. The van der Waals surface area contributed by atoms with E-state index in [4.69, 9.17) is 9.52 Å². The summed E-state index contributed by atoms with van der Waals surface area (Å²) in [6.07, 6.45) is 0.565. The summed E-state index contributed by atoms with van der Waals surface area (Å²) >= 11 is 0. The molecule has 5 nitrogen and oxygen atoms in total. The number of carbonyl (C=O) groups excluding carboxylic acids is 1. The van der Waals surface area contributed by atoms with E-state index in [-0.39, 0.29) is 30.0 Å². The molecule has 1 fully saturated rings. The molecular formula is C16H13F2NO4. The number of benzene rings is 1. The summed E-state index contributed by atoms with van der Waals surface area (Å²) in [6, 6.07) is 6.42. The van der Waals surface area contributed by atoms with Gasteiger partial charge in [-0.1, -0.05) is 6.07 Å². The van der Waals surface area contributed by atoms with Gasteiger partial charge in [-0.25, -0.2) is 13.6 Å². The molecule has 7 heteroatoms. The molecule has 1 aromatic carbocycles. The minimum absolute atomic E-state index is 0.0765. The summed E-state index contributed by atoms with van der Waals surface area (Å²) in [5, 5.41) is 11.4. The van der Waals surface area contributed by atoms with E-state index in [1.807, 2.05) is 0 Å². The van der Waals surface area contributed by atoms with Gasteiger partial charge < -0.3 is 14.8 Å². The maximum Gasteiger partial charge on any atom is 0.371 e. The van der Waals surface area contributed by atoms with Crippen molar-refractivity contribution >= 4 is 11.9 Å². The molecule has 2 N–H and O–H groups in total. The molecule has 0 bridgehead atoms. The quantitative estimate of drug-likeness (QED) is 0.887. The van der Waals surface area contributed by atoms with Crippen LogP contribution in [-0.2, 0) is 11.3 Å². The predicted molar refractivity (Wildman–Crippen MR) is 74.7 cm³/mol. The van der Waals surface area contributed by atoms with Crippen LogP contribution >= 0.6 is 0 Å². The topological polar surface area (TPSA) is 79.5 Å². The molecular weight excluding hydrogens is 308 g/mol. The zero-order valence-electron chi connectivity index (χ0n) is 11.9. The Kier molecular flexibility index (Phi) is 3.85. The lowest BCUT2D eigenvalue weighted by Crippen LogP contribution is -2.24. The SMILES string of the molecule is O=C(O)c1ccc(CNC(=O)[C@H]2C[C@H]2c2ccc(F)c(F)c2)o1. The molecule has 1 aromatic heterocycles. The van der Waals surface area contributed by atoms with Crippen molar-refractivity contribution in [1.29, 1.82) is 0 Å². The average Bonchev–Trinajstić information content (AvgIpc) is 3.17. The number of carboxylic acid groups (broad SMARTS) is 1. The molecule has 120 valence electrons. The van der Waals surface area contributed by atoms with Crippen molar-refractivity contribution < 1.29 is 27.9 Å². The Balaban J connectivity index is 1.55. The number of amides is 1. The van der Waals surface area contributed by atoms with Crippen LogP contribution in [0.1, 0.15) is 34.2 Å². The Morgan fingerprint density at radius 3 is 2.65 bits per heavy atom. The second kappa shape index (κ2) is 5.83. The summed E-state index contributed by atoms with van der Waals surface area (Å²) < 4.78 is 31.1. The van der Waals surface area contributed by atoms with Crippen LogP contribution in [-0.4, -0.2) is 17.0 Å². The highest BCUT2D eigenvalue weighted by molar-refractivity contribution is 5.84. The fourth-order valence-corrected chi connectivity index (χ4v) is 2.49. The predicted octanol–water partition coefficient (Wildman–Crippen LogP) is 2.68. The molecule has 1 aliphatic rings. The summed E-state index contributed by atoms with van der Waals surface area (Å²) in [5.74, 6) is -3.53. The first kappa shape index (κ1) is 15.2. The molecule has 23 heavy (non-hydrogen) atoms. The fourth-order valence-electron chi connectivity index (χ4n) is 2.49. The zero-order valence-corrected chi connectivity index (χ0v) is 11.9. The van der Waals surface area contributed by atoms with Gasteiger partial charge in [-0.15, -0.1) is 0 Å². The Morgan fingerprint density at radius 1 is 1.22 bits per heavy atom. The third kappa shape index (κ3) is 3.23. The van der Waals surface area contributed by atoms with Crippen LogP contribution in [0.2, 0.25) is 0 Å². The van der Waals surface area contributed by atoms with Gasteiger partial charge in [0.25, 0.3) is 0 Å². The van der Waals surface area contributed by atoms with Crippen LogP contribution < -0.4 is 5.32 Å². The molecule has 0 radical (unpaired) electrons. The zero-order chi connectivity index (χ0) is 16.6. The third-order valence-electron chi connectivity index (χ3n) is 3.81. The van der Waals surface area contributed by atoms with Gasteiger partial charge >= 0.3 is 5.97 Å². The van der Waals surface area contributed by atoms with Crippen molar-refractivity contribution in [2.45, 2.75) is 18.9 Å². The van der Waals surface area contributed by atoms with Crippen molar-refractivity contribution in [3.8, 4) is 0 Å². The highest BCUT2D eigenvalue weighted by Crippen LogP contribution is 2.47. The lowest BCUT2D eigenvalue weighted by molar-refractivity contribution is -0.122. The number of carbonyl (C=O) groups is 2. The molecule has 2 atom stereocenters. The van der Waals surface area contributed by atoms with E-state index in [0.717, 1.165) is 12.1 Å². The Bertz CT molecular complexity index is 771. The number of carboxylic acids is 1. The number of nitrogens with one attached hydrogen (secondary N) is 1. The van der Waals surface area contributed by atoms with Gasteiger partial charge in [0.05, 0.1) is 6.54 Å². The molecule has 0 spiro atoms. The van der Waals surface area contributed by atoms with E-state index in [1.54, 1.807) is 0 Å². The second-order valence-electron chi connectivity index (χ2n) is 5.41. The van der Waals surface area contributed by atoms with Crippen LogP contribution in [0.3, 0.4) is 0 Å². The summed E-state index contributed by atoms with van der Waals surface area (Å²) in [5.41, 5.74) is 0.593. The first-order valence-corrected chi connectivity index (χ1v) is 7.00. The molecule has 1 saturated carbocycles. The van der Waals surface area contributed by atoms with Crippen LogP contribution in [0.5, 0.6) is 0 Å². The lowest BCUT2D eigenvalue weighted by atomic mass is 10.1. The molecule has 0 aliphatic heterocycles. The first-order chi connectivity index (χ1) is 11.0. The molecule has 1 aliphatic carbocycles. The Labute approximate surface area is 129 Å². The summed E-state index contributed by atoms with van der Waals surface area (Å²) in [7, 11) is 0. The van der Waals surface area contributed by atoms with E-state index >= 15 is 0 Å². The van der Waals surface area contributed by atoms with Crippen LogP contribution in [0.25, 0.3) is 0 Å². The lowest BCUT2D eigenvalue weighted by Gasteiger charge is -2.04. The summed E-state index contributed by atoms with van der Waals surface area (Å²) in [4.78, 5) is 22.7. The van der Waals surface area contributed by atoms with Crippen molar-refractivity contribution in [3.63, 3.8) is 0 Å². The molecule has 2 aromatic rings. The summed E-state index contributed by atoms with van der Waals surface area (Å²) in [6.45, 7) is 0.0765. The molecule has 3 rings (SSSR count). The van der Waals surface area contributed by atoms with Gasteiger partial charge in [0.1, 0.15) is 5.76 Å². The molecule has 0 saturated heterocycles. The van der Waals surface area contributed by atoms with Gasteiger partial charge in [-0.3, -0.25) is 4.79 Å². The second-order valence-corrected chi connectivity index (χ2v) is 5.41. The highest BCUT2D eigenvalue weighted by atomic mass is 19.2. The minimum atomic E-state index is -1.18. The number of hydrogen-bond donors (Lipinski definition) is 2. The number of aromatic carboxylic acids is 1. The van der Waals surface area contributed by atoms with Crippen molar-refractivity contribution in [3.05, 3.63) is 59.1 Å². The van der Waals surface area contributed by atoms with Crippen LogP contribution in [0.15, 0.2) is 34.7 Å². The van der Waals surface area contributed by atoms with Crippen LogP contribution in [0, 0.1) is 17.6 Å². The Morgan fingerprint density at radius 2 is 2.00 bits per heavy atom. The maximum absolute atomic E-state index is 13.2. The number of hydrogen-bond acceptors (Lipinski definition) is 3. The van der Waals surface area contributed by atoms with Crippen molar-refractivity contribution in [2.75, 3.05) is 0 Å². The van der Waals surface area contributed by atoms with Crippen LogP contribution in [0.4, 0.5) is 8.78 Å². The van der Waals surface area contributed by atoms with Gasteiger partial charge in [0, 0.05) is 5.92 Å².